The molecule has 0 aromatic carbocycles. The van der Waals surface area contributed by atoms with Gasteiger partial charge in [0.25, 0.3) is 0 Å². The van der Waals surface area contributed by atoms with E-state index < -0.39 is 11.2 Å². The third-order valence-electron chi connectivity index (χ3n) is 7.31. The fraction of sp³-hybridized carbons (Fsp3) is 0.905. The van der Waals surface area contributed by atoms with Gasteiger partial charge in [0.15, 0.2) is 0 Å². The van der Waals surface area contributed by atoms with Crippen molar-refractivity contribution >= 4 is 11.9 Å². The summed E-state index contributed by atoms with van der Waals surface area (Å²) in [7, 11) is 0. The molecule has 2 aliphatic carbocycles. The zero-order valence-electron chi connectivity index (χ0n) is 17.4. The third-order valence-corrected chi connectivity index (χ3v) is 7.31. The van der Waals surface area contributed by atoms with Gasteiger partial charge in [-0.3, -0.25) is 9.59 Å². The van der Waals surface area contributed by atoms with Crippen LogP contribution in [0.1, 0.15) is 68.2 Å². The van der Waals surface area contributed by atoms with Gasteiger partial charge in [-0.15, -0.1) is 0 Å². The Morgan fingerprint density at radius 3 is 2.27 bits per heavy atom. The van der Waals surface area contributed by atoms with E-state index >= 15 is 0 Å². The first-order valence-corrected chi connectivity index (χ1v) is 9.89. The summed E-state index contributed by atoms with van der Waals surface area (Å²) in [5.74, 6) is -0.598. The van der Waals surface area contributed by atoms with Crippen molar-refractivity contribution in [3.05, 3.63) is 0 Å². The molecule has 5 nitrogen and oxygen atoms in total. The first-order chi connectivity index (χ1) is 11.8. The molecular formula is C21H34O5. The molecule has 0 aromatic rings. The molecule has 26 heavy (non-hydrogen) atoms. The van der Waals surface area contributed by atoms with E-state index in [0.717, 1.165) is 12.8 Å². The maximum absolute atomic E-state index is 13.1. The van der Waals surface area contributed by atoms with Gasteiger partial charge in [-0.2, -0.15) is 0 Å². The highest BCUT2D eigenvalue weighted by molar-refractivity contribution is 5.78. The molecule has 3 aliphatic rings. The smallest absolute Gasteiger partial charge is 0.315 e. The van der Waals surface area contributed by atoms with Gasteiger partial charge >= 0.3 is 11.9 Å². The van der Waals surface area contributed by atoms with Gasteiger partial charge in [-0.1, -0.05) is 34.6 Å². The molecule has 148 valence electrons. The first-order valence-electron chi connectivity index (χ1n) is 9.89. The number of carbonyl (C=O) groups is 2. The Balaban J connectivity index is 1.71. The molecular weight excluding hydrogens is 332 g/mol. The molecule has 1 heterocycles. The summed E-state index contributed by atoms with van der Waals surface area (Å²) in [6.45, 7) is 15.8. The van der Waals surface area contributed by atoms with Gasteiger partial charge in [-0.05, 0) is 37.0 Å². The number of rotatable bonds is 5. The standard InChI is InChI=1S/C21H34O5/c1-11(2)21(8,19(3,4)5)18(23)26-20(6,7)25-15-12-9-13-14(10-12)17(22)24-16(13)15/h11-16H,9-10H2,1-8H3. The Morgan fingerprint density at radius 1 is 1.12 bits per heavy atom. The highest BCUT2D eigenvalue weighted by atomic mass is 16.7. The molecule has 2 bridgehead atoms. The van der Waals surface area contributed by atoms with E-state index in [9.17, 15) is 9.59 Å². The van der Waals surface area contributed by atoms with E-state index in [1.54, 1.807) is 13.8 Å². The second-order valence-corrected chi connectivity index (χ2v) is 10.4. The van der Waals surface area contributed by atoms with Crippen molar-refractivity contribution in [3.63, 3.8) is 0 Å². The molecule has 6 unspecified atom stereocenters. The van der Waals surface area contributed by atoms with E-state index in [0.29, 0.717) is 5.92 Å². The van der Waals surface area contributed by atoms with Crippen molar-refractivity contribution in [1.82, 2.24) is 0 Å². The number of esters is 2. The van der Waals surface area contributed by atoms with Crippen LogP contribution in [0.25, 0.3) is 0 Å². The second-order valence-electron chi connectivity index (χ2n) is 10.4. The zero-order chi connectivity index (χ0) is 19.7. The van der Waals surface area contributed by atoms with Gasteiger partial charge in [0.05, 0.1) is 11.3 Å². The Bertz CT molecular complexity index is 602. The molecule has 0 spiro atoms. The quantitative estimate of drug-likeness (QED) is 0.545. The van der Waals surface area contributed by atoms with Gasteiger partial charge in [0.2, 0.25) is 5.79 Å². The van der Waals surface area contributed by atoms with Crippen LogP contribution in [0.4, 0.5) is 0 Å². The zero-order valence-corrected chi connectivity index (χ0v) is 17.4. The van der Waals surface area contributed by atoms with Crippen LogP contribution in [0.15, 0.2) is 0 Å². The molecule has 0 aromatic heterocycles. The van der Waals surface area contributed by atoms with Crippen molar-refractivity contribution in [3.8, 4) is 0 Å². The summed E-state index contributed by atoms with van der Waals surface area (Å²) >= 11 is 0. The predicted molar refractivity (Wildman–Crippen MR) is 97.0 cm³/mol. The van der Waals surface area contributed by atoms with E-state index in [2.05, 4.69) is 34.6 Å². The molecule has 0 amide bonds. The minimum absolute atomic E-state index is 0.0561. The Kier molecular flexibility index (Phi) is 4.50. The van der Waals surface area contributed by atoms with Crippen molar-refractivity contribution < 1.29 is 23.8 Å². The maximum atomic E-state index is 13.1. The monoisotopic (exact) mass is 366 g/mol. The predicted octanol–water partition coefficient (Wildman–Crippen LogP) is 3.94. The summed E-state index contributed by atoms with van der Waals surface area (Å²) < 4.78 is 17.7. The van der Waals surface area contributed by atoms with Crippen LogP contribution in [-0.2, 0) is 23.8 Å². The van der Waals surface area contributed by atoms with E-state index in [-0.39, 0.29) is 47.3 Å². The minimum Gasteiger partial charge on any atom is -0.459 e. The maximum Gasteiger partial charge on any atom is 0.315 e. The second kappa shape index (κ2) is 5.95. The average molecular weight is 366 g/mol. The fourth-order valence-electron chi connectivity index (χ4n) is 5.15. The highest BCUT2D eigenvalue weighted by Gasteiger charge is 2.63. The van der Waals surface area contributed by atoms with Crippen LogP contribution in [0, 0.1) is 34.5 Å². The third kappa shape index (κ3) is 2.87. The minimum atomic E-state index is -1.06. The molecule has 3 rings (SSSR count). The van der Waals surface area contributed by atoms with Crippen molar-refractivity contribution in [1.29, 1.82) is 0 Å². The number of ether oxygens (including phenoxy) is 3. The lowest BCUT2D eigenvalue weighted by Gasteiger charge is -2.45. The van der Waals surface area contributed by atoms with Gasteiger partial charge in [0.1, 0.15) is 12.2 Å². The van der Waals surface area contributed by atoms with Crippen LogP contribution >= 0.6 is 0 Å². The Morgan fingerprint density at radius 2 is 1.73 bits per heavy atom. The molecule has 3 fully saturated rings. The van der Waals surface area contributed by atoms with Gasteiger partial charge in [-0.25, -0.2) is 0 Å². The topological polar surface area (TPSA) is 61.8 Å². The summed E-state index contributed by atoms with van der Waals surface area (Å²) in [5.41, 5.74) is -0.873. The lowest BCUT2D eigenvalue weighted by atomic mass is 9.62. The largest absolute Gasteiger partial charge is 0.459 e. The van der Waals surface area contributed by atoms with Gasteiger partial charge < -0.3 is 14.2 Å². The lowest BCUT2D eigenvalue weighted by Crippen LogP contribution is -2.50. The summed E-state index contributed by atoms with van der Waals surface area (Å²) in [5, 5.41) is 0. The SMILES string of the molecule is CC(C)C(C)(C(=O)OC(C)(C)OC1C2CC3C(=O)OC1C3C2)C(C)(C)C. The van der Waals surface area contributed by atoms with E-state index in [4.69, 9.17) is 14.2 Å². The number of carbonyl (C=O) groups excluding carboxylic acids is 2. The van der Waals surface area contributed by atoms with Crippen LogP contribution in [0.5, 0.6) is 0 Å². The Hall–Kier alpha value is -1.10. The van der Waals surface area contributed by atoms with Gasteiger partial charge in [0, 0.05) is 19.8 Å². The van der Waals surface area contributed by atoms with Crippen LogP contribution in [0.3, 0.4) is 0 Å². The molecule has 6 atom stereocenters. The first kappa shape index (κ1) is 19.7. The Labute approximate surface area is 157 Å². The summed E-state index contributed by atoms with van der Waals surface area (Å²) in [4.78, 5) is 25.1. The van der Waals surface area contributed by atoms with Crippen LogP contribution < -0.4 is 0 Å². The molecule has 0 radical (unpaired) electrons. The van der Waals surface area contributed by atoms with Crippen molar-refractivity contribution in [2.45, 2.75) is 86.2 Å². The highest BCUT2D eigenvalue weighted by Crippen LogP contribution is 2.56. The van der Waals surface area contributed by atoms with Crippen LogP contribution in [-0.4, -0.2) is 29.9 Å². The lowest BCUT2D eigenvalue weighted by molar-refractivity contribution is -0.259. The summed E-state index contributed by atoms with van der Waals surface area (Å²) in [6, 6.07) is 0. The molecule has 5 heteroatoms. The molecule has 1 aliphatic heterocycles. The van der Waals surface area contributed by atoms with Crippen molar-refractivity contribution in [2.24, 2.45) is 34.5 Å². The number of fused-ring (bicyclic) bond motifs is 1. The normalized spacial score (nSPS) is 35.6. The average Bonchev–Trinajstić information content (AvgIpc) is 3.09. The van der Waals surface area contributed by atoms with E-state index in [1.165, 1.54) is 0 Å². The number of hydrogen-bond acceptors (Lipinski definition) is 5. The fourth-order valence-corrected chi connectivity index (χ4v) is 5.15. The molecule has 2 saturated carbocycles. The number of hydrogen-bond donors (Lipinski definition) is 0. The molecule has 1 saturated heterocycles. The van der Waals surface area contributed by atoms with E-state index in [1.807, 2.05) is 6.92 Å². The molecule has 0 N–H and O–H groups in total. The van der Waals surface area contributed by atoms with Crippen molar-refractivity contribution in [2.75, 3.05) is 0 Å². The van der Waals surface area contributed by atoms with Crippen LogP contribution in [0.2, 0.25) is 0 Å². The summed E-state index contributed by atoms with van der Waals surface area (Å²) in [6.07, 6.45) is 1.45.